The van der Waals surface area contributed by atoms with Gasteiger partial charge in [-0.3, -0.25) is 4.57 Å². The van der Waals surface area contributed by atoms with Crippen LogP contribution in [0.2, 0.25) is 0 Å². The molecular formula is C26H30F4N4OS. The van der Waals surface area contributed by atoms with Crippen LogP contribution >= 0.6 is 11.8 Å². The molecule has 3 unspecified atom stereocenters. The van der Waals surface area contributed by atoms with Crippen molar-refractivity contribution in [1.29, 1.82) is 0 Å². The zero-order chi connectivity index (χ0) is 26.4. The highest BCUT2D eigenvalue weighted by molar-refractivity contribution is 7.99. The molecule has 1 fully saturated rings. The fourth-order valence-electron chi connectivity index (χ4n) is 5.05. The Kier molecular flexibility index (Phi) is 7.39. The Morgan fingerprint density at radius 3 is 2.25 bits per heavy atom. The van der Waals surface area contributed by atoms with E-state index >= 15 is 0 Å². The van der Waals surface area contributed by atoms with Gasteiger partial charge in [0.05, 0.1) is 11.1 Å². The number of piperazine rings is 1. The summed E-state index contributed by atoms with van der Waals surface area (Å²) in [6.45, 7) is 10.9. The lowest BCUT2D eigenvalue weighted by Crippen LogP contribution is -2.55. The fourth-order valence-corrected chi connectivity index (χ4v) is 6.33. The standard InChI is InChI=1S/C24H24F4N4OS.C2H6/c1-12-9-31(10-13(2)29-12)22-17-8-18(24(26,27)28)19(15-4-6-16(25)7-5-15)21-20(17)32(23(33)30-22)14(3)11-34-21;1-2/h4-8,12-14,29H,9-11H2,1-3H3;1-2H3. The van der Waals surface area contributed by atoms with E-state index in [1.54, 1.807) is 0 Å². The number of alkyl halides is 3. The van der Waals surface area contributed by atoms with Crippen LogP contribution in [0.15, 0.2) is 40.0 Å². The van der Waals surface area contributed by atoms with Gasteiger partial charge in [0, 0.05) is 52.8 Å². The van der Waals surface area contributed by atoms with Crippen molar-refractivity contribution in [2.24, 2.45) is 0 Å². The molecule has 36 heavy (non-hydrogen) atoms. The summed E-state index contributed by atoms with van der Waals surface area (Å²) in [5.74, 6) is 0.183. The Morgan fingerprint density at radius 2 is 1.67 bits per heavy atom. The number of anilines is 1. The highest BCUT2D eigenvalue weighted by Crippen LogP contribution is 2.49. The fraction of sp³-hybridized carbons (Fsp3) is 0.462. The maximum Gasteiger partial charge on any atom is 0.417 e. The Hall–Kier alpha value is -2.59. The lowest BCUT2D eigenvalue weighted by molar-refractivity contribution is -0.137. The van der Waals surface area contributed by atoms with Gasteiger partial charge >= 0.3 is 11.9 Å². The molecule has 5 rings (SSSR count). The largest absolute Gasteiger partial charge is 0.417 e. The molecule has 0 spiro atoms. The SMILES string of the molecule is CC.CC1CN(c2nc(=O)n3c4c(c(-c5ccc(F)cc5)c(C(F)(F)F)cc24)SCC3C)CC(C)N1. The monoisotopic (exact) mass is 522 g/mol. The van der Waals surface area contributed by atoms with Crippen LogP contribution in [0.3, 0.4) is 0 Å². The lowest BCUT2D eigenvalue weighted by atomic mass is 9.96. The van der Waals surface area contributed by atoms with Crippen LogP contribution in [0, 0.1) is 5.82 Å². The first-order valence-electron chi connectivity index (χ1n) is 12.1. The zero-order valence-corrected chi connectivity index (χ0v) is 21.7. The molecule has 1 aromatic heterocycles. The number of aromatic nitrogens is 2. The lowest BCUT2D eigenvalue weighted by Gasteiger charge is -2.38. The van der Waals surface area contributed by atoms with Gasteiger partial charge in [-0.25, -0.2) is 9.18 Å². The van der Waals surface area contributed by atoms with Crippen molar-refractivity contribution in [3.63, 3.8) is 0 Å². The van der Waals surface area contributed by atoms with Crippen molar-refractivity contribution < 1.29 is 17.6 Å². The van der Waals surface area contributed by atoms with E-state index in [2.05, 4.69) is 10.3 Å². The summed E-state index contributed by atoms with van der Waals surface area (Å²) >= 11 is 1.30. The van der Waals surface area contributed by atoms with Crippen LogP contribution in [-0.2, 0) is 6.18 Å². The number of hydrogen-bond donors (Lipinski definition) is 1. The topological polar surface area (TPSA) is 50.2 Å². The minimum atomic E-state index is -4.65. The second-order valence-electron chi connectivity index (χ2n) is 9.15. The molecule has 3 aromatic rings. The summed E-state index contributed by atoms with van der Waals surface area (Å²) in [7, 11) is 0. The molecule has 1 saturated heterocycles. The molecule has 0 bridgehead atoms. The second-order valence-corrected chi connectivity index (χ2v) is 10.2. The summed E-state index contributed by atoms with van der Waals surface area (Å²) in [5, 5.41) is 3.71. The van der Waals surface area contributed by atoms with Gasteiger partial charge in [-0.2, -0.15) is 18.2 Å². The number of nitrogens with one attached hydrogen (secondary N) is 1. The third kappa shape index (κ3) is 4.72. The maximum absolute atomic E-state index is 14.4. The molecule has 0 amide bonds. The normalized spacial score (nSPS) is 21.8. The van der Waals surface area contributed by atoms with Crippen LogP contribution in [0.1, 0.15) is 46.2 Å². The van der Waals surface area contributed by atoms with Gasteiger partial charge in [0.25, 0.3) is 0 Å². The third-order valence-corrected chi connectivity index (χ3v) is 7.68. The Balaban J connectivity index is 0.00000148. The number of halogens is 4. The van der Waals surface area contributed by atoms with E-state index in [0.717, 1.165) is 18.2 Å². The first-order chi connectivity index (χ1) is 17.0. The van der Waals surface area contributed by atoms with Crippen molar-refractivity contribution in [2.45, 2.75) is 63.8 Å². The van der Waals surface area contributed by atoms with Crippen LogP contribution in [0.4, 0.5) is 23.4 Å². The van der Waals surface area contributed by atoms with Gasteiger partial charge in [0.2, 0.25) is 0 Å². The van der Waals surface area contributed by atoms with Crippen molar-refractivity contribution >= 4 is 28.5 Å². The molecule has 0 aliphatic carbocycles. The van der Waals surface area contributed by atoms with E-state index in [9.17, 15) is 22.4 Å². The highest BCUT2D eigenvalue weighted by Gasteiger charge is 2.39. The first kappa shape index (κ1) is 26.5. The number of thioether (sulfide) groups is 1. The Morgan fingerprint density at radius 1 is 1.06 bits per heavy atom. The van der Waals surface area contributed by atoms with Gasteiger partial charge in [-0.1, -0.05) is 26.0 Å². The molecule has 2 aliphatic rings. The van der Waals surface area contributed by atoms with Gasteiger partial charge < -0.3 is 10.2 Å². The molecule has 5 nitrogen and oxygen atoms in total. The first-order valence-corrected chi connectivity index (χ1v) is 13.1. The minimum absolute atomic E-state index is 0.0238. The molecule has 2 aliphatic heterocycles. The van der Waals surface area contributed by atoms with E-state index in [-0.39, 0.29) is 35.1 Å². The smallest absolute Gasteiger partial charge is 0.353 e. The molecule has 1 N–H and O–H groups in total. The number of benzene rings is 2. The molecule has 0 saturated carbocycles. The van der Waals surface area contributed by atoms with Crippen LogP contribution in [0.5, 0.6) is 0 Å². The Bertz CT molecular complexity index is 1310. The second kappa shape index (κ2) is 10.0. The quantitative estimate of drug-likeness (QED) is 0.412. The average Bonchev–Trinajstić information content (AvgIpc) is 2.82. The molecule has 3 atom stereocenters. The van der Waals surface area contributed by atoms with Crippen molar-refractivity contribution in [1.82, 2.24) is 14.9 Å². The minimum Gasteiger partial charge on any atom is -0.353 e. The summed E-state index contributed by atoms with van der Waals surface area (Å²) < 4.78 is 58.4. The molecule has 2 aromatic carbocycles. The zero-order valence-electron chi connectivity index (χ0n) is 20.9. The molecule has 10 heteroatoms. The van der Waals surface area contributed by atoms with Crippen LogP contribution < -0.4 is 15.9 Å². The van der Waals surface area contributed by atoms with Gasteiger partial charge in [0.15, 0.2) is 0 Å². The Labute approximate surface area is 211 Å². The average molecular weight is 523 g/mol. The summed E-state index contributed by atoms with van der Waals surface area (Å²) in [4.78, 5) is 19.8. The number of nitrogens with zero attached hydrogens (tertiary/aromatic N) is 3. The third-order valence-electron chi connectivity index (χ3n) is 6.35. The summed E-state index contributed by atoms with van der Waals surface area (Å²) in [6, 6.07) is 6.07. The van der Waals surface area contributed by atoms with Gasteiger partial charge in [-0.05, 0) is 44.5 Å². The van der Waals surface area contributed by atoms with Gasteiger partial charge in [0.1, 0.15) is 11.6 Å². The van der Waals surface area contributed by atoms with E-state index in [1.165, 1.54) is 28.5 Å². The predicted molar refractivity (Wildman–Crippen MR) is 137 cm³/mol. The molecule has 194 valence electrons. The van der Waals surface area contributed by atoms with E-state index < -0.39 is 23.2 Å². The van der Waals surface area contributed by atoms with E-state index in [0.29, 0.717) is 34.6 Å². The van der Waals surface area contributed by atoms with E-state index in [4.69, 9.17) is 0 Å². The summed E-state index contributed by atoms with van der Waals surface area (Å²) in [6.07, 6.45) is -4.65. The summed E-state index contributed by atoms with van der Waals surface area (Å²) in [5.41, 5.74) is -0.586. The molecular weight excluding hydrogens is 492 g/mol. The highest BCUT2D eigenvalue weighted by atomic mass is 32.2. The van der Waals surface area contributed by atoms with E-state index in [1.807, 2.05) is 39.5 Å². The number of hydrogen-bond acceptors (Lipinski definition) is 5. The number of rotatable bonds is 2. The molecule has 3 heterocycles. The van der Waals surface area contributed by atoms with Gasteiger partial charge in [-0.15, -0.1) is 11.8 Å². The van der Waals surface area contributed by atoms with Crippen LogP contribution in [0.25, 0.3) is 22.0 Å². The van der Waals surface area contributed by atoms with Crippen molar-refractivity contribution in [3.8, 4) is 11.1 Å². The van der Waals surface area contributed by atoms with Crippen molar-refractivity contribution in [2.75, 3.05) is 23.7 Å². The van der Waals surface area contributed by atoms with Crippen molar-refractivity contribution in [3.05, 3.63) is 52.2 Å². The maximum atomic E-state index is 14.4. The van der Waals surface area contributed by atoms with Crippen LogP contribution in [-0.4, -0.2) is 40.5 Å². The predicted octanol–water partition coefficient (Wildman–Crippen LogP) is 6.10. The molecule has 0 radical (unpaired) electrons.